The lowest BCUT2D eigenvalue weighted by molar-refractivity contribution is -0.0829. The monoisotopic (exact) mass is 589 g/mol. The standard InChI is InChI=1S/C31H39N7O5/c39-18-25-28(42-20-23-9-5-2-6-10-23)27(41-19-22-7-3-1-4-8-22)24(43-25)17-33-29-26-30(35-21-34-26)37-31(36-29)32-11-12-38-13-15-40-16-14-38/h1-10,21,24-25,27-28,39H,11-20H2,(H3,32,33,34,35,36,37)/t24-,25+,27+,28+/m0/s1. The number of nitrogens with one attached hydrogen (secondary N) is 3. The number of aliphatic hydroxyl groups is 1. The number of ether oxygens (including phenoxy) is 4. The van der Waals surface area contributed by atoms with Gasteiger partial charge in [0.05, 0.1) is 39.4 Å². The molecule has 0 spiro atoms. The molecule has 0 amide bonds. The summed E-state index contributed by atoms with van der Waals surface area (Å²) in [5, 5.41) is 17.0. The van der Waals surface area contributed by atoms with Crippen LogP contribution in [0.2, 0.25) is 0 Å². The lowest BCUT2D eigenvalue weighted by Gasteiger charge is -2.26. The summed E-state index contributed by atoms with van der Waals surface area (Å²) in [6, 6.07) is 20.0. The van der Waals surface area contributed by atoms with Crippen LogP contribution in [0.25, 0.3) is 11.2 Å². The average molecular weight is 590 g/mol. The Labute approximate surface area is 250 Å². The maximum absolute atomic E-state index is 10.2. The van der Waals surface area contributed by atoms with Crippen LogP contribution in [0.1, 0.15) is 11.1 Å². The molecule has 0 unspecified atom stereocenters. The molecule has 2 fully saturated rings. The first-order valence-corrected chi connectivity index (χ1v) is 14.8. The summed E-state index contributed by atoms with van der Waals surface area (Å²) in [6.07, 6.45) is -0.233. The number of aromatic amines is 1. The van der Waals surface area contributed by atoms with E-state index in [1.54, 1.807) is 6.33 Å². The van der Waals surface area contributed by atoms with Gasteiger partial charge in [-0.25, -0.2) is 4.98 Å². The second kappa shape index (κ2) is 14.7. The number of hydrogen-bond donors (Lipinski definition) is 4. The molecule has 12 nitrogen and oxygen atoms in total. The molecule has 0 bridgehead atoms. The van der Waals surface area contributed by atoms with Gasteiger partial charge in [-0.05, 0) is 11.1 Å². The van der Waals surface area contributed by atoms with Crippen LogP contribution in [-0.2, 0) is 32.2 Å². The predicted molar refractivity (Wildman–Crippen MR) is 162 cm³/mol. The maximum Gasteiger partial charge on any atom is 0.226 e. The fourth-order valence-corrected chi connectivity index (χ4v) is 5.44. The van der Waals surface area contributed by atoms with Crippen LogP contribution in [0.4, 0.5) is 11.8 Å². The summed E-state index contributed by atoms with van der Waals surface area (Å²) in [6.45, 7) is 5.92. The molecule has 4 aromatic rings. The van der Waals surface area contributed by atoms with E-state index in [-0.39, 0.29) is 6.61 Å². The van der Waals surface area contributed by atoms with Gasteiger partial charge in [0, 0.05) is 32.7 Å². The second-order valence-corrected chi connectivity index (χ2v) is 10.7. The van der Waals surface area contributed by atoms with Crippen molar-refractivity contribution in [3.05, 3.63) is 78.1 Å². The number of aliphatic hydroxyl groups excluding tert-OH is 1. The Morgan fingerprint density at radius 2 is 1.56 bits per heavy atom. The van der Waals surface area contributed by atoms with E-state index in [2.05, 4.69) is 30.5 Å². The number of imidazole rings is 1. The highest BCUT2D eigenvalue weighted by atomic mass is 16.6. The zero-order chi connectivity index (χ0) is 29.3. The predicted octanol–water partition coefficient (Wildman–Crippen LogP) is 2.44. The van der Waals surface area contributed by atoms with Gasteiger partial charge in [-0.2, -0.15) is 9.97 Å². The maximum atomic E-state index is 10.2. The second-order valence-electron chi connectivity index (χ2n) is 10.7. The Morgan fingerprint density at radius 3 is 2.23 bits per heavy atom. The molecule has 6 rings (SSSR count). The van der Waals surface area contributed by atoms with E-state index in [1.807, 2.05) is 60.7 Å². The van der Waals surface area contributed by atoms with Gasteiger partial charge in [0.2, 0.25) is 5.95 Å². The largest absolute Gasteiger partial charge is 0.394 e. The van der Waals surface area contributed by atoms with Crippen LogP contribution in [0.3, 0.4) is 0 Å². The molecule has 43 heavy (non-hydrogen) atoms. The van der Waals surface area contributed by atoms with Gasteiger partial charge in [0.1, 0.15) is 29.9 Å². The zero-order valence-electron chi connectivity index (χ0n) is 24.1. The molecule has 4 heterocycles. The van der Waals surface area contributed by atoms with Gasteiger partial charge >= 0.3 is 0 Å². The van der Waals surface area contributed by atoms with Crippen molar-refractivity contribution in [3.63, 3.8) is 0 Å². The number of nitrogens with zero attached hydrogens (tertiary/aromatic N) is 4. The first kappa shape index (κ1) is 29.4. The Kier molecular flexibility index (Phi) is 10.1. The normalized spacial score (nSPS) is 22.6. The third-order valence-corrected chi connectivity index (χ3v) is 7.73. The smallest absolute Gasteiger partial charge is 0.226 e. The Morgan fingerprint density at radius 1 is 0.884 bits per heavy atom. The highest BCUT2D eigenvalue weighted by molar-refractivity contribution is 5.83. The molecule has 0 radical (unpaired) electrons. The van der Waals surface area contributed by atoms with Gasteiger partial charge in [-0.3, -0.25) is 4.90 Å². The lowest BCUT2D eigenvalue weighted by atomic mass is 10.1. The number of benzene rings is 2. The molecule has 4 atom stereocenters. The number of hydrogen-bond acceptors (Lipinski definition) is 11. The number of morpholine rings is 1. The summed E-state index contributed by atoms with van der Waals surface area (Å²) < 4.78 is 24.6. The van der Waals surface area contributed by atoms with E-state index in [0.29, 0.717) is 49.2 Å². The van der Waals surface area contributed by atoms with E-state index in [9.17, 15) is 5.11 Å². The van der Waals surface area contributed by atoms with Crippen molar-refractivity contribution in [1.82, 2.24) is 24.8 Å². The van der Waals surface area contributed by atoms with Crippen molar-refractivity contribution in [3.8, 4) is 0 Å². The van der Waals surface area contributed by atoms with E-state index < -0.39 is 24.4 Å². The third-order valence-electron chi connectivity index (χ3n) is 7.73. The van der Waals surface area contributed by atoms with Gasteiger partial charge < -0.3 is 39.7 Å². The summed E-state index contributed by atoms with van der Waals surface area (Å²) in [7, 11) is 0. The van der Waals surface area contributed by atoms with Crippen LogP contribution in [-0.4, -0.2) is 107 Å². The molecule has 2 aliphatic rings. The van der Waals surface area contributed by atoms with Crippen molar-refractivity contribution in [2.75, 3.05) is 63.2 Å². The van der Waals surface area contributed by atoms with Crippen molar-refractivity contribution >= 4 is 22.9 Å². The van der Waals surface area contributed by atoms with Gasteiger partial charge in [-0.1, -0.05) is 60.7 Å². The Balaban J connectivity index is 1.15. The number of anilines is 2. The molecule has 12 heteroatoms. The molecule has 2 aromatic heterocycles. The number of rotatable bonds is 14. The minimum atomic E-state index is -0.536. The van der Waals surface area contributed by atoms with Crippen molar-refractivity contribution in [2.24, 2.45) is 0 Å². The van der Waals surface area contributed by atoms with Crippen molar-refractivity contribution in [1.29, 1.82) is 0 Å². The summed E-state index contributed by atoms with van der Waals surface area (Å²) in [4.78, 5) is 19.2. The van der Waals surface area contributed by atoms with Gasteiger partial charge in [-0.15, -0.1) is 0 Å². The van der Waals surface area contributed by atoms with E-state index in [4.69, 9.17) is 23.9 Å². The van der Waals surface area contributed by atoms with Crippen LogP contribution in [0, 0.1) is 0 Å². The zero-order valence-corrected chi connectivity index (χ0v) is 24.1. The highest BCUT2D eigenvalue weighted by Crippen LogP contribution is 2.29. The van der Waals surface area contributed by atoms with E-state index >= 15 is 0 Å². The minimum absolute atomic E-state index is 0.184. The summed E-state index contributed by atoms with van der Waals surface area (Å²) >= 11 is 0. The number of fused-ring (bicyclic) bond motifs is 1. The number of aromatic nitrogens is 4. The molecular weight excluding hydrogens is 550 g/mol. The van der Waals surface area contributed by atoms with Crippen molar-refractivity contribution in [2.45, 2.75) is 37.6 Å². The van der Waals surface area contributed by atoms with Crippen LogP contribution >= 0.6 is 0 Å². The highest BCUT2D eigenvalue weighted by Gasteiger charge is 2.46. The van der Waals surface area contributed by atoms with Crippen LogP contribution in [0.15, 0.2) is 67.0 Å². The molecule has 228 valence electrons. The van der Waals surface area contributed by atoms with Crippen LogP contribution in [0.5, 0.6) is 0 Å². The SMILES string of the molecule is OC[C@H]1O[C@@H](CNc2nc(NCCN3CCOCC3)nc3nc[nH]c23)[C@@H](OCc2ccccc2)[C@@H]1OCc1ccccc1. The van der Waals surface area contributed by atoms with Crippen molar-refractivity contribution < 1.29 is 24.1 Å². The number of H-pyrrole nitrogens is 1. The average Bonchev–Trinajstić information content (AvgIpc) is 3.67. The molecule has 4 N–H and O–H groups in total. The first-order chi connectivity index (χ1) is 21.3. The third kappa shape index (κ3) is 7.66. The van der Waals surface area contributed by atoms with Gasteiger partial charge in [0.15, 0.2) is 11.5 Å². The molecular formula is C31H39N7O5. The molecule has 0 saturated carbocycles. The molecule has 2 aromatic carbocycles. The first-order valence-electron chi connectivity index (χ1n) is 14.8. The summed E-state index contributed by atoms with van der Waals surface area (Å²) in [5.41, 5.74) is 3.35. The van der Waals surface area contributed by atoms with E-state index in [1.165, 1.54) is 0 Å². The molecule has 2 saturated heterocycles. The topological polar surface area (TPSA) is 139 Å². The van der Waals surface area contributed by atoms with E-state index in [0.717, 1.165) is 44.0 Å². The minimum Gasteiger partial charge on any atom is -0.394 e. The molecule has 2 aliphatic heterocycles. The Hall–Kier alpha value is -3.65. The van der Waals surface area contributed by atoms with Gasteiger partial charge in [0.25, 0.3) is 0 Å². The Bertz CT molecular complexity index is 1400. The van der Waals surface area contributed by atoms with Crippen LogP contribution < -0.4 is 10.6 Å². The molecule has 0 aliphatic carbocycles. The lowest BCUT2D eigenvalue weighted by Crippen LogP contribution is -2.40. The fourth-order valence-electron chi connectivity index (χ4n) is 5.44. The summed E-state index contributed by atoms with van der Waals surface area (Å²) in [5.74, 6) is 1.10. The fraction of sp³-hybridized carbons (Fsp3) is 0.452. The quantitative estimate of drug-likeness (QED) is 0.173.